The molecule has 3 nitrogen and oxygen atoms in total. The molecular weight excluding hydrogens is 308 g/mol. The van der Waals surface area contributed by atoms with Crippen molar-refractivity contribution in [3.8, 4) is 0 Å². The van der Waals surface area contributed by atoms with E-state index in [9.17, 15) is 0 Å². The van der Waals surface area contributed by atoms with Gasteiger partial charge in [-0.2, -0.15) is 0 Å². The Kier molecular flexibility index (Phi) is 172. The second-order valence-electron chi connectivity index (χ2n) is 0. The minimum atomic E-state index is 0.0556. The maximum absolute atomic E-state index is 8.39. The first-order valence-corrected chi connectivity index (χ1v) is 3.62. The van der Waals surface area contributed by atoms with E-state index in [4.69, 9.17) is 8.35 Å². The second kappa shape index (κ2) is 65.8. The zero-order valence-electron chi connectivity index (χ0n) is 2.81. The van der Waals surface area contributed by atoms with Crippen molar-refractivity contribution in [2.24, 2.45) is 0 Å². The van der Waals surface area contributed by atoms with Gasteiger partial charge in [-0.05, 0) is 0 Å². The molecule has 0 aromatic rings. The van der Waals surface area contributed by atoms with Crippen molar-refractivity contribution < 1.29 is 82.3 Å². The van der Waals surface area contributed by atoms with Crippen LogP contribution in [0.25, 0.3) is 0 Å². The topological polar surface area (TPSA) is 51.2 Å². The Morgan fingerprint density at radius 2 is 1.17 bits per heavy atom. The first-order chi connectivity index (χ1) is 3.00. The van der Waals surface area contributed by atoms with E-state index in [1.54, 1.807) is 15.9 Å². The molecule has 0 atom stereocenters. The summed E-state index contributed by atoms with van der Waals surface area (Å²) < 4.78 is 24.8. The fourth-order valence-corrected chi connectivity index (χ4v) is 0. The molecule has 6 heteroatoms. The molecule has 0 unspecified atom stereocenters. The van der Waals surface area contributed by atoms with Crippen LogP contribution in [0.5, 0.6) is 0 Å². The zero-order chi connectivity index (χ0) is 6.00. The first-order valence-electron chi connectivity index (χ1n) is 0.647. The Morgan fingerprint density at radius 3 is 1.17 bits per heavy atom. The molecule has 6 heavy (non-hydrogen) atoms. The van der Waals surface area contributed by atoms with Crippen LogP contribution < -0.4 is 0 Å². The molecular formula is CeMnO3Zn. The van der Waals surface area contributed by atoms with Crippen LogP contribution >= 0.6 is 0 Å². The zero-order valence-corrected chi connectivity index (χ0v) is 10.1. The summed E-state index contributed by atoms with van der Waals surface area (Å²) in [6, 6.07) is 0. The van der Waals surface area contributed by atoms with Crippen molar-refractivity contribution in [2.45, 2.75) is 0 Å². The normalized spacial score (nSPS) is 2.17. The maximum atomic E-state index is 8.39. The van der Waals surface area contributed by atoms with Gasteiger partial charge in [0.1, 0.15) is 0 Å². The van der Waals surface area contributed by atoms with Gasteiger partial charge in [-0.15, -0.1) is 0 Å². The van der Waals surface area contributed by atoms with E-state index < -0.39 is 0 Å². The third-order valence-electron chi connectivity index (χ3n) is 0. The molecule has 0 N–H and O–H groups in total. The third kappa shape index (κ3) is 38.9. The van der Waals surface area contributed by atoms with Gasteiger partial charge in [0, 0.05) is 0 Å². The Balaban J connectivity index is -0.0000000225. The first kappa shape index (κ1) is 15.7. The van der Waals surface area contributed by atoms with Crippen LogP contribution in [0.2, 0.25) is 0 Å². The van der Waals surface area contributed by atoms with Gasteiger partial charge < -0.3 is 0 Å². The quantitative estimate of drug-likeness (QED) is 0.574. The average Bonchev–Trinajstić information content (AvgIpc) is 1.81. The molecule has 0 bridgehead atoms. The molecule has 0 aromatic heterocycles. The molecule has 0 amide bonds. The van der Waals surface area contributed by atoms with E-state index in [-0.39, 0.29) is 58.0 Å². The molecule has 0 fully saturated rings. The van der Waals surface area contributed by atoms with Crippen LogP contribution in [0.4, 0.5) is 0 Å². The van der Waals surface area contributed by atoms with Crippen LogP contribution in [0, 0.1) is 39.8 Å². The van der Waals surface area contributed by atoms with Crippen LogP contribution in [0.3, 0.4) is 0 Å². The predicted molar refractivity (Wildman–Crippen MR) is 2.06 cm³/mol. The van der Waals surface area contributed by atoms with E-state index in [2.05, 4.69) is 0 Å². The van der Waals surface area contributed by atoms with Crippen molar-refractivity contribution in [1.29, 1.82) is 0 Å². The van der Waals surface area contributed by atoms with Gasteiger partial charge in [0.15, 0.2) is 0 Å². The Labute approximate surface area is 80.8 Å². The molecule has 0 spiro atoms. The number of rotatable bonds is 0. The molecule has 0 aliphatic rings. The second-order valence-corrected chi connectivity index (χ2v) is 0. The van der Waals surface area contributed by atoms with Crippen molar-refractivity contribution in [3.63, 3.8) is 0 Å². The summed E-state index contributed by atoms with van der Waals surface area (Å²) in [5.41, 5.74) is 0. The van der Waals surface area contributed by atoms with Gasteiger partial charge >= 0.3 is 82.3 Å². The van der Waals surface area contributed by atoms with Crippen molar-refractivity contribution in [2.75, 3.05) is 0 Å². The Hall–Kier alpha value is 1.92. The summed E-state index contributed by atoms with van der Waals surface area (Å²) in [4.78, 5) is 0. The Morgan fingerprint density at radius 1 is 1.17 bits per heavy atom. The summed E-state index contributed by atoms with van der Waals surface area (Å²) in [6.45, 7) is 0. The molecule has 0 aromatic carbocycles. The van der Waals surface area contributed by atoms with Crippen LogP contribution in [0.15, 0.2) is 0 Å². The van der Waals surface area contributed by atoms with Crippen LogP contribution in [0.1, 0.15) is 0 Å². The van der Waals surface area contributed by atoms with Gasteiger partial charge in [0.2, 0.25) is 0 Å². The summed E-state index contributed by atoms with van der Waals surface area (Å²) >= 11 is 1.87. The van der Waals surface area contributed by atoms with E-state index in [1.807, 2.05) is 0 Å². The molecule has 0 radical (unpaired) electrons. The molecule has 0 saturated heterocycles. The van der Waals surface area contributed by atoms with Crippen molar-refractivity contribution >= 4 is 0 Å². The van der Waals surface area contributed by atoms with Gasteiger partial charge in [0.25, 0.3) is 0 Å². The van der Waals surface area contributed by atoms with E-state index in [0.717, 1.165) is 0 Å². The molecule has 0 rings (SSSR count). The van der Waals surface area contributed by atoms with Gasteiger partial charge in [-0.25, -0.2) is 0 Å². The fraction of sp³-hybridized carbons (Fsp3) is 0. The SMILES string of the molecule is [O]=[Ce].[O]=[Mn].[O]=[Zn]. The van der Waals surface area contributed by atoms with Crippen molar-refractivity contribution in [3.05, 3.63) is 0 Å². The van der Waals surface area contributed by atoms with E-state index >= 15 is 0 Å². The number of hydrogen-bond acceptors (Lipinski definition) is 3. The molecule has 0 aliphatic carbocycles. The summed E-state index contributed by atoms with van der Waals surface area (Å²) in [6.07, 6.45) is 0. The predicted octanol–water partition coefficient (Wildman–Crippen LogP) is -0.361. The summed E-state index contributed by atoms with van der Waals surface area (Å²) in [5, 5.41) is 0. The Bertz CT molecular complexity index is 15.5. The van der Waals surface area contributed by atoms with E-state index in [1.165, 1.54) is 0 Å². The summed E-state index contributed by atoms with van der Waals surface area (Å²) in [7, 11) is 0. The molecule has 0 aliphatic heterocycles. The monoisotopic (exact) mass is 307 g/mol. The van der Waals surface area contributed by atoms with Gasteiger partial charge in [-0.1, -0.05) is 0 Å². The number of hydrogen-bond donors (Lipinski definition) is 0. The minimum absolute atomic E-state index is 0.0556. The van der Waals surface area contributed by atoms with Gasteiger partial charge in [-0.3, -0.25) is 0 Å². The average molecular weight is 308 g/mol. The van der Waals surface area contributed by atoms with E-state index in [0.29, 0.717) is 0 Å². The van der Waals surface area contributed by atoms with Gasteiger partial charge in [0.05, 0.1) is 0 Å². The third-order valence-corrected chi connectivity index (χ3v) is 0. The molecule has 0 heterocycles. The van der Waals surface area contributed by atoms with Crippen LogP contribution in [-0.2, 0) is 42.5 Å². The molecule has 0 saturated carbocycles. The fourth-order valence-electron chi connectivity index (χ4n) is 0. The molecule has 31 valence electrons. The van der Waals surface area contributed by atoms with Crippen molar-refractivity contribution in [1.82, 2.24) is 0 Å². The van der Waals surface area contributed by atoms with Crippen LogP contribution in [-0.4, -0.2) is 0 Å². The standard InChI is InChI=1S/Ce.Mn.3O.Zn. The summed E-state index contributed by atoms with van der Waals surface area (Å²) in [5.74, 6) is 0.